The number of fused-ring (bicyclic) bond motifs is 1. The highest BCUT2D eigenvalue weighted by molar-refractivity contribution is 5.96. The van der Waals surface area contributed by atoms with Gasteiger partial charge in [0.05, 0.1) is 5.69 Å². The van der Waals surface area contributed by atoms with Gasteiger partial charge in [0.2, 0.25) is 0 Å². The molecule has 0 aliphatic carbocycles. The second kappa shape index (κ2) is 5.44. The monoisotopic (exact) mass is 280 g/mol. The van der Waals surface area contributed by atoms with Crippen LogP contribution in [0.3, 0.4) is 0 Å². The molecular weight excluding hydrogens is 263 g/mol. The van der Waals surface area contributed by atoms with Crippen molar-refractivity contribution < 1.29 is 4.39 Å². The third kappa shape index (κ3) is 2.42. The first-order valence-electron chi connectivity index (χ1n) is 7.01. The Kier molecular flexibility index (Phi) is 3.48. The molecule has 0 amide bonds. The van der Waals surface area contributed by atoms with Crippen LogP contribution in [-0.4, -0.2) is 6.54 Å². The lowest BCUT2D eigenvalue weighted by Gasteiger charge is -2.25. The summed E-state index contributed by atoms with van der Waals surface area (Å²) in [5, 5.41) is 2.25. The molecule has 0 aromatic heterocycles. The van der Waals surface area contributed by atoms with Crippen LogP contribution < -0.4 is 10.6 Å². The Hall–Kier alpha value is -2.55. The number of halogens is 1. The predicted octanol–water partition coefficient (Wildman–Crippen LogP) is 4.72. The van der Waals surface area contributed by atoms with Crippen molar-refractivity contribution >= 4 is 27.8 Å². The van der Waals surface area contributed by atoms with E-state index in [1.165, 1.54) is 6.07 Å². The minimum atomic E-state index is -0.301. The van der Waals surface area contributed by atoms with E-state index in [0.29, 0.717) is 17.9 Å². The fourth-order valence-electron chi connectivity index (χ4n) is 2.66. The number of nitrogens with zero attached hydrogens (tertiary/aromatic N) is 1. The molecule has 2 nitrogen and oxygen atoms in total. The van der Waals surface area contributed by atoms with E-state index in [2.05, 4.69) is 18.2 Å². The van der Waals surface area contributed by atoms with Crippen molar-refractivity contribution in [3.8, 4) is 0 Å². The number of benzene rings is 3. The highest BCUT2D eigenvalue weighted by Crippen LogP contribution is 2.33. The number of nitrogen functional groups attached to an aromatic ring is 1. The van der Waals surface area contributed by atoms with Gasteiger partial charge in [-0.2, -0.15) is 0 Å². The van der Waals surface area contributed by atoms with Crippen LogP contribution in [0.1, 0.15) is 6.92 Å². The molecular formula is C18H17FN2. The van der Waals surface area contributed by atoms with E-state index in [1.54, 1.807) is 12.1 Å². The van der Waals surface area contributed by atoms with Crippen molar-refractivity contribution in [2.75, 3.05) is 17.2 Å². The molecule has 0 saturated heterocycles. The van der Waals surface area contributed by atoms with E-state index in [9.17, 15) is 4.39 Å². The number of rotatable bonds is 3. The van der Waals surface area contributed by atoms with Crippen molar-refractivity contribution in [1.82, 2.24) is 0 Å². The lowest BCUT2D eigenvalue weighted by atomic mass is 10.1. The highest BCUT2D eigenvalue weighted by Gasteiger charge is 2.14. The zero-order valence-electron chi connectivity index (χ0n) is 11.9. The topological polar surface area (TPSA) is 29.3 Å². The third-order valence-electron chi connectivity index (χ3n) is 3.64. The van der Waals surface area contributed by atoms with Crippen LogP contribution >= 0.6 is 0 Å². The van der Waals surface area contributed by atoms with Gasteiger partial charge in [0.25, 0.3) is 0 Å². The molecule has 2 N–H and O–H groups in total. The van der Waals surface area contributed by atoms with E-state index in [-0.39, 0.29) is 5.82 Å². The van der Waals surface area contributed by atoms with Crippen molar-refractivity contribution in [1.29, 1.82) is 0 Å². The van der Waals surface area contributed by atoms with Gasteiger partial charge in [-0.25, -0.2) is 4.39 Å². The van der Waals surface area contributed by atoms with Gasteiger partial charge in [-0.15, -0.1) is 0 Å². The van der Waals surface area contributed by atoms with Crippen LogP contribution in [0.5, 0.6) is 0 Å². The molecule has 0 heterocycles. The molecule has 0 aliphatic heterocycles. The summed E-state index contributed by atoms with van der Waals surface area (Å²) in [5.41, 5.74) is 7.62. The third-order valence-corrected chi connectivity index (χ3v) is 3.64. The quantitative estimate of drug-likeness (QED) is 0.703. The first kappa shape index (κ1) is 13.4. The Morgan fingerprint density at radius 1 is 0.952 bits per heavy atom. The summed E-state index contributed by atoms with van der Waals surface area (Å²) in [6, 6.07) is 19.0. The van der Waals surface area contributed by atoms with E-state index < -0.39 is 0 Å². The Morgan fingerprint density at radius 3 is 2.48 bits per heavy atom. The van der Waals surface area contributed by atoms with Gasteiger partial charge in [0.15, 0.2) is 0 Å². The Morgan fingerprint density at radius 2 is 1.71 bits per heavy atom. The molecule has 3 heteroatoms. The van der Waals surface area contributed by atoms with Crippen LogP contribution in [0.25, 0.3) is 10.8 Å². The van der Waals surface area contributed by atoms with Gasteiger partial charge in [0.1, 0.15) is 5.82 Å². The second-order valence-electron chi connectivity index (χ2n) is 4.95. The Bertz CT molecular complexity index is 778. The summed E-state index contributed by atoms with van der Waals surface area (Å²) in [7, 11) is 0. The lowest BCUT2D eigenvalue weighted by Crippen LogP contribution is -2.17. The van der Waals surface area contributed by atoms with Gasteiger partial charge >= 0.3 is 0 Å². The molecule has 3 aromatic carbocycles. The molecule has 3 rings (SSSR count). The standard InChI is InChI=1S/C18H17FN2/c1-2-21(18-11-10-14(20)12-16(18)19)17-9-5-7-13-6-3-4-8-15(13)17/h3-12H,2,20H2,1H3. The predicted molar refractivity (Wildman–Crippen MR) is 87.4 cm³/mol. The summed E-state index contributed by atoms with van der Waals surface area (Å²) in [4.78, 5) is 1.97. The molecule has 0 aliphatic rings. The summed E-state index contributed by atoms with van der Waals surface area (Å²) in [6.07, 6.45) is 0. The van der Waals surface area contributed by atoms with Gasteiger partial charge in [-0.1, -0.05) is 36.4 Å². The number of anilines is 3. The van der Waals surface area contributed by atoms with E-state index in [0.717, 1.165) is 16.5 Å². The maximum atomic E-state index is 14.3. The molecule has 3 aromatic rings. The maximum Gasteiger partial charge on any atom is 0.148 e. The molecule has 0 bridgehead atoms. The van der Waals surface area contributed by atoms with Gasteiger partial charge < -0.3 is 10.6 Å². The smallest absolute Gasteiger partial charge is 0.148 e. The largest absolute Gasteiger partial charge is 0.399 e. The summed E-state index contributed by atoms with van der Waals surface area (Å²) < 4.78 is 14.3. The SMILES string of the molecule is CCN(c1ccc(N)cc1F)c1cccc2ccccc12. The maximum absolute atomic E-state index is 14.3. The highest BCUT2D eigenvalue weighted by atomic mass is 19.1. The molecule has 0 fully saturated rings. The Labute approximate surface area is 123 Å². The first-order chi connectivity index (χ1) is 10.2. The molecule has 0 spiro atoms. The van der Waals surface area contributed by atoms with Crippen molar-refractivity contribution in [3.63, 3.8) is 0 Å². The minimum absolute atomic E-state index is 0.301. The second-order valence-corrected chi connectivity index (χ2v) is 4.95. The van der Waals surface area contributed by atoms with E-state index in [4.69, 9.17) is 5.73 Å². The number of hydrogen-bond donors (Lipinski definition) is 1. The zero-order valence-corrected chi connectivity index (χ0v) is 11.9. The fraction of sp³-hybridized carbons (Fsp3) is 0.111. The molecule has 0 atom stereocenters. The Balaban J connectivity index is 2.18. The summed E-state index contributed by atoms with van der Waals surface area (Å²) >= 11 is 0. The molecule has 0 saturated carbocycles. The lowest BCUT2D eigenvalue weighted by molar-refractivity contribution is 0.626. The van der Waals surface area contributed by atoms with Crippen LogP contribution in [0.15, 0.2) is 60.7 Å². The zero-order chi connectivity index (χ0) is 14.8. The normalized spacial score (nSPS) is 10.8. The number of nitrogens with two attached hydrogens (primary N) is 1. The van der Waals surface area contributed by atoms with Crippen molar-refractivity contribution in [2.45, 2.75) is 6.92 Å². The van der Waals surface area contributed by atoms with Gasteiger partial charge in [0, 0.05) is 23.3 Å². The average Bonchev–Trinajstić information content (AvgIpc) is 2.50. The fourth-order valence-corrected chi connectivity index (χ4v) is 2.66. The van der Waals surface area contributed by atoms with Crippen molar-refractivity contribution in [3.05, 3.63) is 66.5 Å². The summed E-state index contributed by atoms with van der Waals surface area (Å²) in [5.74, 6) is -0.301. The average molecular weight is 280 g/mol. The summed E-state index contributed by atoms with van der Waals surface area (Å²) in [6.45, 7) is 2.69. The first-order valence-corrected chi connectivity index (χ1v) is 7.01. The van der Waals surface area contributed by atoms with E-state index in [1.807, 2.05) is 36.1 Å². The number of hydrogen-bond acceptors (Lipinski definition) is 2. The minimum Gasteiger partial charge on any atom is -0.399 e. The van der Waals surface area contributed by atoms with Gasteiger partial charge in [-0.05, 0) is 36.6 Å². The van der Waals surface area contributed by atoms with E-state index >= 15 is 0 Å². The van der Waals surface area contributed by atoms with Crippen LogP contribution in [0, 0.1) is 5.82 Å². The molecule has 21 heavy (non-hydrogen) atoms. The van der Waals surface area contributed by atoms with Crippen LogP contribution in [-0.2, 0) is 0 Å². The molecule has 0 radical (unpaired) electrons. The van der Waals surface area contributed by atoms with Crippen molar-refractivity contribution in [2.24, 2.45) is 0 Å². The van der Waals surface area contributed by atoms with Crippen LogP contribution in [0.2, 0.25) is 0 Å². The molecule has 106 valence electrons. The van der Waals surface area contributed by atoms with Crippen LogP contribution in [0.4, 0.5) is 21.5 Å². The van der Waals surface area contributed by atoms with Gasteiger partial charge in [-0.3, -0.25) is 0 Å². The molecule has 0 unspecified atom stereocenters.